The number of aromatic nitrogens is 3. The Morgan fingerprint density at radius 1 is 1.56 bits per heavy atom. The molecule has 2 rings (SSSR count). The fraction of sp³-hybridized carbons (Fsp3) is 0.750. The topological polar surface area (TPSA) is 79.9 Å². The lowest BCUT2D eigenvalue weighted by molar-refractivity contribution is 0.0897. The molecule has 0 radical (unpaired) electrons. The number of carbonyl (C=O) groups excluding carboxylic acids is 1. The Morgan fingerprint density at radius 3 is 2.94 bits per heavy atom. The molecule has 6 heteroatoms. The lowest BCUT2D eigenvalue weighted by Crippen LogP contribution is -2.28. The van der Waals surface area contributed by atoms with Gasteiger partial charge in [0.15, 0.2) is 0 Å². The fourth-order valence-corrected chi connectivity index (χ4v) is 1.48. The molecular formula is C12H20N4O2. The number of aromatic amines is 1. The van der Waals surface area contributed by atoms with Gasteiger partial charge in [0.25, 0.3) is 5.91 Å². The van der Waals surface area contributed by atoms with Crippen LogP contribution in [0.1, 0.15) is 49.1 Å². The van der Waals surface area contributed by atoms with Crippen molar-refractivity contribution in [2.75, 3.05) is 19.8 Å². The van der Waals surface area contributed by atoms with E-state index in [1.54, 1.807) is 0 Å². The zero-order valence-electron chi connectivity index (χ0n) is 10.9. The summed E-state index contributed by atoms with van der Waals surface area (Å²) in [4.78, 5) is 15.8. The van der Waals surface area contributed by atoms with Crippen molar-refractivity contribution in [2.24, 2.45) is 5.92 Å². The zero-order chi connectivity index (χ0) is 13.0. The molecular weight excluding hydrogens is 232 g/mol. The van der Waals surface area contributed by atoms with E-state index in [-0.39, 0.29) is 17.6 Å². The maximum Gasteiger partial charge on any atom is 0.291 e. The summed E-state index contributed by atoms with van der Waals surface area (Å²) in [6, 6.07) is 0. The van der Waals surface area contributed by atoms with Crippen molar-refractivity contribution in [3.05, 3.63) is 11.6 Å². The highest BCUT2D eigenvalue weighted by molar-refractivity contribution is 5.90. The molecule has 100 valence electrons. The minimum atomic E-state index is -0.256. The SMILES string of the molecule is CC(C)c1nc(C(=O)NCCOCC2CC2)n[nH]1. The van der Waals surface area contributed by atoms with Gasteiger partial charge in [-0.3, -0.25) is 9.89 Å². The second-order valence-electron chi connectivity index (χ2n) is 4.97. The minimum absolute atomic E-state index is 0.195. The van der Waals surface area contributed by atoms with Gasteiger partial charge >= 0.3 is 0 Å². The molecule has 1 aromatic heterocycles. The van der Waals surface area contributed by atoms with E-state index in [1.165, 1.54) is 12.8 Å². The average molecular weight is 252 g/mol. The predicted octanol–water partition coefficient (Wildman–Crippen LogP) is 1.08. The molecule has 1 saturated carbocycles. The standard InChI is InChI=1S/C12H20N4O2/c1-8(2)10-14-11(16-15-10)12(17)13-5-6-18-7-9-3-4-9/h8-9H,3-7H2,1-2H3,(H,13,17)(H,14,15,16). The van der Waals surface area contributed by atoms with Crippen molar-refractivity contribution < 1.29 is 9.53 Å². The quantitative estimate of drug-likeness (QED) is 0.712. The molecule has 1 fully saturated rings. The summed E-state index contributed by atoms with van der Waals surface area (Å²) in [5, 5.41) is 9.38. The van der Waals surface area contributed by atoms with E-state index in [0.29, 0.717) is 13.2 Å². The van der Waals surface area contributed by atoms with Gasteiger partial charge in [0.05, 0.1) is 6.61 Å². The van der Waals surface area contributed by atoms with Crippen LogP contribution < -0.4 is 5.32 Å². The van der Waals surface area contributed by atoms with E-state index in [0.717, 1.165) is 18.3 Å². The molecule has 18 heavy (non-hydrogen) atoms. The molecule has 1 aliphatic rings. The van der Waals surface area contributed by atoms with Gasteiger partial charge in [-0.2, -0.15) is 0 Å². The van der Waals surface area contributed by atoms with Crippen molar-refractivity contribution in [3.8, 4) is 0 Å². The molecule has 0 aliphatic heterocycles. The maximum absolute atomic E-state index is 11.7. The van der Waals surface area contributed by atoms with Crippen molar-refractivity contribution in [1.82, 2.24) is 20.5 Å². The van der Waals surface area contributed by atoms with Crippen molar-refractivity contribution >= 4 is 5.91 Å². The average Bonchev–Trinajstić information content (AvgIpc) is 3.02. The molecule has 1 heterocycles. The lowest BCUT2D eigenvalue weighted by atomic mass is 10.2. The molecule has 1 amide bonds. The number of nitrogens with one attached hydrogen (secondary N) is 2. The van der Waals surface area contributed by atoms with E-state index in [2.05, 4.69) is 20.5 Å². The van der Waals surface area contributed by atoms with Crippen LogP contribution in [0.4, 0.5) is 0 Å². The van der Waals surface area contributed by atoms with Crippen LogP contribution in [0.2, 0.25) is 0 Å². The predicted molar refractivity (Wildman–Crippen MR) is 66.3 cm³/mol. The van der Waals surface area contributed by atoms with Gasteiger partial charge in [-0.25, -0.2) is 4.98 Å². The molecule has 0 spiro atoms. The van der Waals surface area contributed by atoms with Gasteiger partial charge in [-0.15, -0.1) is 5.10 Å². The number of rotatable bonds is 7. The van der Waals surface area contributed by atoms with Crippen LogP contribution in [-0.4, -0.2) is 40.8 Å². The molecule has 1 aliphatic carbocycles. The highest BCUT2D eigenvalue weighted by Crippen LogP contribution is 2.28. The summed E-state index contributed by atoms with van der Waals surface area (Å²) in [6.45, 7) is 5.84. The first-order chi connectivity index (χ1) is 8.66. The van der Waals surface area contributed by atoms with Crippen LogP contribution >= 0.6 is 0 Å². The first-order valence-electron chi connectivity index (χ1n) is 6.45. The molecule has 0 saturated heterocycles. The lowest BCUT2D eigenvalue weighted by Gasteiger charge is -2.03. The number of carbonyl (C=O) groups is 1. The molecule has 6 nitrogen and oxygen atoms in total. The second-order valence-corrected chi connectivity index (χ2v) is 4.97. The second kappa shape index (κ2) is 5.95. The third-order valence-electron chi connectivity index (χ3n) is 2.84. The van der Waals surface area contributed by atoms with Gasteiger partial charge in [0, 0.05) is 19.1 Å². The summed E-state index contributed by atoms with van der Waals surface area (Å²) in [6.07, 6.45) is 2.56. The van der Waals surface area contributed by atoms with Gasteiger partial charge in [-0.05, 0) is 18.8 Å². The van der Waals surface area contributed by atoms with Crippen LogP contribution in [0.15, 0.2) is 0 Å². The number of amides is 1. The molecule has 2 N–H and O–H groups in total. The van der Waals surface area contributed by atoms with Crippen LogP contribution in [0.25, 0.3) is 0 Å². The zero-order valence-corrected chi connectivity index (χ0v) is 10.9. The smallest absolute Gasteiger partial charge is 0.291 e. The van der Waals surface area contributed by atoms with E-state index >= 15 is 0 Å². The van der Waals surface area contributed by atoms with Crippen LogP contribution in [0, 0.1) is 5.92 Å². The monoisotopic (exact) mass is 252 g/mol. The van der Waals surface area contributed by atoms with E-state index in [4.69, 9.17) is 4.74 Å². The van der Waals surface area contributed by atoms with Gasteiger partial charge in [0.1, 0.15) is 5.82 Å². The first-order valence-corrected chi connectivity index (χ1v) is 6.45. The Hall–Kier alpha value is -1.43. The minimum Gasteiger partial charge on any atom is -0.379 e. The van der Waals surface area contributed by atoms with Crippen LogP contribution in [-0.2, 0) is 4.74 Å². The van der Waals surface area contributed by atoms with Crippen molar-refractivity contribution in [3.63, 3.8) is 0 Å². The third-order valence-corrected chi connectivity index (χ3v) is 2.84. The third kappa shape index (κ3) is 3.80. The molecule has 0 atom stereocenters. The molecule has 0 aromatic carbocycles. The van der Waals surface area contributed by atoms with Crippen LogP contribution in [0.5, 0.6) is 0 Å². The Morgan fingerprint density at radius 2 is 2.33 bits per heavy atom. The summed E-state index contributed by atoms with van der Waals surface area (Å²) in [7, 11) is 0. The van der Waals surface area contributed by atoms with Gasteiger partial charge in [0.2, 0.25) is 5.82 Å². The Kier molecular flexibility index (Phi) is 4.30. The number of ether oxygens (including phenoxy) is 1. The van der Waals surface area contributed by atoms with Crippen LogP contribution in [0.3, 0.4) is 0 Å². The Bertz CT molecular complexity index is 399. The summed E-state index contributed by atoms with van der Waals surface area (Å²) in [5.41, 5.74) is 0. The highest BCUT2D eigenvalue weighted by Gasteiger charge is 2.21. The maximum atomic E-state index is 11.7. The summed E-state index contributed by atoms with van der Waals surface area (Å²) < 4.78 is 5.42. The van der Waals surface area contributed by atoms with E-state index in [1.807, 2.05) is 13.8 Å². The van der Waals surface area contributed by atoms with Crippen molar-refractivity contribution in [2.45, 2.75) is 32.6 Å². The highest BCUT2D eigenvalue weighted by atomic mass is 16.5. The Balaban J connectivity index is 1.66. The largest absolute Gasteiger partial charge is 0.379 e. The molecule has 1 aromatic rings. The number of H-pyrrole nitrogens is 1. The fourth-order valence-electron chi connectivity index (χ4n) is 1.48. The van der Waals surface area contributed by atoms with Gasteiger partial charge < -0.3 is 10.1 Å². The normalized spacial score (nSPS) is 15.1. The summed E-state index contributed by atoms with van der Waals surface area (Å²) in [5.74, 6) is 1.66. The number of hydrogen-bond donors (Lipinski definition) is 2. The van der Waals surface area contributed by atoms with Gasteiger partial charge in [-0.1, -0.05) is 13.8 Å². The van der Waals surface area contributed by atoms with Crippen molar-refractivity contribution in [1.29, 1.82) is 0 Å². The van der Waals surface area contributed by atoms with E-state index < -0.39 is 0 Å². The molecule has 0 unspecified atom stereocenters. The summed E-state index contributed by atoms with van der Waals surface area (Å²) >= 11 is 0. The first kappa shape index (κ1) is 13.0. The Labute approximate surface area is 107 Å². The number of nitrogens with zero attached hydrogens (tertiary/aromatic N) is 2. The van der Waals surface area contributed by atoms with E-state index in [9.17, 15) is 4.79 Å². The molecule has 0 bridgehead atoms. The number of hydrogen-bond acceptors (Lipinski definition) is 4.